The summed E-state index contributed by atoms with van der Waals surface area (Å²) in [5.74, 6) is 1.30. The predicted octanol–water partition coefficient (Wildman–Crippen LogP) is 1.50. The summed E-state index contributed by atoms with van der Waals surface area (Å²) in [6.45, 7) is 2.54. The molecule has 1 unspecified atom stereocenters. The van der Waals surface area contributed by atoms with Gasteiger partial charge in [0.05, 0.1) is 5.56 Å². The van der Waals surface area contributed by atoms with Crippen LogP contribution in [0.2, 0.25) is 0 Å². The Morgan fingerprint density at radius 3 is 3.12 bits per heavy atom. The molecule has 1 saturated heterocycles. The minimum absolute atomic E-state index is 0.525. The van der Waals surface area contributed by atoms with Crippen molar-refractivity contribution in [1.82, 2.24) is 4.98 Å². The number of aromatic nitrogens is 1. The Labute approximate surface area is 103 Å². The molecule has 1 aromatic heterocycles. The van der Waals surface area contributed by atoms with Gasteiger partial charge in [-0.1, -0.05) is 0 Å². The highest BCUT2D eigenvalue weighted by Gasteiger charge is 2.24. The lowest BCUT2D eigenvalue weighted by atomic mass is 10.1. The molecule has 1 aliphatic rings. The van der Waals surface area contributed by atoms with E-state index < -0.39 is 0 Å². The topological polar surface area (TPSA) is 65.9 Å². The quantitative estimate of drug-likeness (QED) is 0.892. The SMILES string of the molecule is N#Cc1cc(Br)cnc1N1CCC(CN)C1. The number of hydrogen-bond donors (Lipinski definition) is 1. The van der Waals surface area contributed by atoms with Crippen LogP contribution in [0.1, 0.15) is 12.0 Å². The number of pyridine rings is 1. The minimum Gasteiger partial charge on any atom is -0.355 e. The zero-order valence-corrected chi connectivity index (χ0v) is 10.4. The number of nitriles is 1. The van der Waals surface area contributed by atoms with E-state index in [4.69, 9.17) is 11.0 Å². The molecule has 84 valence electrons. The number of halogens is 1. The van der Waals surface area contributed by atoms with Gasteiger partial charge in [0, 0.05) is 23.8 Å². The molecule has 1 aliphatic heterocycles. The summed E-state index contributed by atoms with van der Waals surface area (Å²) in [7, 11) is 0. The van der Waals surface area contributed by atoms with Crippen LogP contribution in [0.25, 0.3) is 0 Å². The van der Waals surface area contributed by atoms with E-state index in [0.717, 1.165) is 29.8 Å². The van der Waals surface area contributed by atoms with E-state index in [0.29, 0.717) is 18.0 Å². The van der Waals surface area contributed by atoms with Crippen LogP contribution < -0.4 is 10.6 Å². The largest absolute Gasteiger partial charge is 0.355 e. The first-order chi connectivity index (χ1) is 7.74. The third kappa shape index (κ3) is 2.18. The fourth-order valence-corrected chi connectivity index (χ4v) is 2.32. The lowest BCUT2D eigenvalue weighted by Crippen LogP contribution is -2.24. The van der Waals surface area contributed by atoms with Crippen LogP contribution in [-0.2, 0) is 0 Å². The maximum absolute atomic E-state index is 9.06. The van der Waals surface area contributed by atoms with Crippen molar-refractivity contribution in [1.29, 1.82) is 5.26 Å². The number of nitrogens with zero attached hydrogens (tertiary/aromatic N) is 3. The van der Waals surface area contributed by atoms with Crippen LogP contribution in [0, 0.1) is 17.2 Å². The number of rotatable bonds is 2. The van der Waals surface area contributed by atoms with Crippen molar-refractivity contribution in [3.8, 4) is 6.07 Å². The smallest absolute Gasteiger partial charge is 0.146 e. The maximum Gasteiger partial charge on any atom is 0.146 e. The number of anilines is 1. The zero-order chi connectivity index (χ0) is 11.5. The lowest BCUT2D eigenvalue weighted by Gasteiger charge is -2.18. The van der Waals surface area contributed by atoms with Gasteiger partial charge in [0.1, 0.15) is 11.9 Å². The maximum atomic E-state index is 9.06. The van der Waals surface area contributed by atoms with Gasteiger partial charge >= 0.3 is 0 Å². The van der Waals surface area contributed by atoms with Crippen LogP contribution in [0.5, 0.6) is 0 Å². The van der Waals surface area contributed by atoms with Crippen molar-refractivity contribution in [2.24, 2.45) is 11.7 Å². The van der Waals surface area contributed by atoms with E-state index in [1.807, 2.05) is 0 Å². The third-order valence-electron chi connectivity index (χ3n) is 2.87. The fraction of sp³-hybridized carbons (Fsp3) is 0.455. The Hall–Kier alpha value is -1.12. The van der Waals surface area contributed by atoms with Crippen LogP contribution in [0.3, 0.4) is 0 Å². The van der Waals surface area contributed by atoms with Crippen molar-refractivity contribution in [2.75, 3.05) is 24.5 Å². The Bertz CT molecular complexity index is 426. The summed E-state index contributed by atoms with van der Waals surface area (Å²) in [6.07, 6.45) is 2.81. The molecule has 5 heteroatoms. The molecule has 0 aromatic carbocycles. The fourth-order valence-electron chi connectivity index (χ4n) is 1.98. The second kappa shape index (κ2) is 4.81. The van der Waals surface area contributed by atoms with Gasteiger partial charge in [-0.15, -0.1) is 0 Å². The molecule has 1 atom stereocenters. The minimum atomic E-state index is 0.525. The summed E-state index contributed by atoms with van der Waals surface area (Å²) >= 11 is 3.32. The van der Waals surface area contributed by atoms with Gasteiger partial charge in [0.15, 0.2) is 0 Å². The van der Waals surface area contributed by atoms with E-state index >= 15 is 0 Å². The Balaban J connectivity index is 2.25. The van der Waals surface area contributed by atoms with Crippen molar-refractivity contribution in [3.05, 3.63) is 22.3 Å². The van der Waals surface area contributed by atoms with E-state index in [2.05, 4.69) is 31.9 Å². The second-order valence-corrected chi connectivity index (χ2v) is 4.89. The Kier molecular flexibility index (Phi) is 3.42. The first-order valence-electron chi connectivity index (χ1n) is 5.25. The van der Waals surface area contributed by atoms with Crippen molar-refractivity contribution in [2.45, 2.75) is 6.42 Å². The summed E-state index contributed by atoms with van der Waals surface area (Å²) < 4.78 is 0.836. The zero-order valence-electron chi connectivity index (χ0n) is 8.86. The molecule has 16 heavy (non-hydrogen) atoms. The molecule has 4 nitrogen and oxygen atoms in total. The molecule has 2 N–H and O–H groups in total. The van der Waals surface area contributed by atoms with Gasteiger partial charge in [-0.25, -0.2) is 4.98 Å². The van der Waals surface area contributed by atoms with Gasteiger partial charge in [-0.05, 0) is 40.9 Å². The molecule has 2 rings (SSSR count). The van der Waals surface area contributed by atoms with Crippen molar-refractivity contribution >= 4 is 21.7 Å². The van der Waals surface area contributed by atoms with E-state index in [1.54, 1.807) is 12.3 Å². The molecule has 1 fully saturated rings. The van der Waals surface area contributed by atoms with Gasteiger partial charge in [0.2, 0.25) is 0 Å². The van der Waals surface area contributed by atoms with E-state index in [-0.39, 0.29) is 0 Å². The summed E-state index contributed by atoms with van der Waals surface area (Å²) in [5, 5.41) is 9.06. The normalized spacial score (nSPS) is 19.8. The Morgan fingerprint density at radius 2 is 2.50 bits per heavy atom. The first-order valence-corrected chi connectivity index (χ1v) is 6.04. The lowest BCUT2D eigenvalue weighted by molar-refractivity contribution is 0.602. The van der Waals surface area contributed by atoms with Gasteiger partial charge in [0.25, 0.3) is 0 Å². The molecule has 2 heterocycles. The van der Waals surface area contributed by atoms with Crippen LogP contribution >= 0.6 is 15.9 Å². The highest BCUT2D eigenvalue weighted by Crippen LogP contribution is 2.26. The third-order valence-corrected chi connectivity index (χ3v) is 3.31. The van der Waals surface area contributed by atoms with E-state index in [1.165, 1.54) is 0 Å². The average Bonchev–Trinajstić information content (AvgIpc) is 2.77. The highest BCUT2D eigenvalue weighted by molar-refractivity contribution is 9.10. The standard InChI is InChI=1S/C11H13BrN4/c12-10-3-9(5-14)11(15-6-10)16-2-1-8(4-13)7-16/h3,6,8H,1-2,4,7,13H2. The van der Waals surface area contributed by atoms with Gasteiger partial charge < -0.3 is 10.6 Å². The van der Waals surface area contributed by atoms with Crippen LogP contribution in [0.4, 0.5) is 5.82 Å². The molecular formula is C11H13BrN4. The Morgan fingerprint density at radius 1 is 1.69 bits per heavy atom. The molecule has 0 bridgehead atoms. The van der Waals surface area contributed by atoms with Crippen LogP contribution in [0.15, 0.2) is 16.7 Å². The summed E-state index contributed by atoms with van der Waals surface area (Å²) in [4.78, 5) is 6.46. The first kappa shape index (κ1) is 11.4. The van der Waals surface area contributed by atoms with E-state index in [9.17, 15) is 0 Å². The number of nitrogens with two attached hydrogens (primary N) is 1. The average molecular weight is 281 g/mol. The monoisotopic (exact) mass is 280 g/mol. The highest BCUT2D eigenvalue weighted by atomic mass is 79.9. The second-order valence-electron chi connectivity index (χ2n) is 3.97. The molecule has 0 spiro atoms. The molecule has 0 radical (unpaired) electrons. The molecule has 0 saturated carbocycles. The van der Waals surface area contributed by atoms with Crippen molar-refractivity contribution in [3.63, 3.8) is 0 Å². The molecule has 0 aliphatic carbocycles. The van der Waals surface area contributed by atoms with Gasteiger partial charge in [-0.2, -0.15) is 5.26 Å². The van der Waals surface area contributed by atoms with Gasteiger partial charge in [-0.3, -0.25) is 0 Å². The predicted molar refractivity (Wildman–Crippen MR) is 66.0 cm³/mol. The van der Waals surface area contributed by atoms with Crippen LogP contribution in [-0.4, -0.2) is 24.6 Å². The molecule has 0 amide bonds. The summed E-state index contributed by atoms with van der Waals surface area (Å²) in [5.41, 5.74) is 6.27. The molecular weight excluding hydrogens is 268 g/mol. The number of hydrogen-bond acceptors (Lipinski definition) is 4. The summed E-state index contributed by atoms with van der Waals surface area (Å²) in [6, 6.07) is 3.98. The van der Waals surface area contributed by atoms with Crippen molar-refractivity contribution < 1.29 is 0 Å². The molecule has 1 aromatic rings.